The summed E-state index contributed by atoms with van der Waals surface area (Å²) in [6, 6.07) is 3.98. The molecular weight excluding hydrogens is 220 g/mol. The first-order chi connectivity index (χ1) is 8.04. The highest BCUT2D eigenvalue weighted by atomic mass is 16.3. The Morgan fingerprint density at radius 3 is 2.71 bits per heavy atom. The van der Waals surface area contributed by atoms with Crippen LogP contribution in [-0.4, -0.2) is 29.2 Å². The van der Waals surface area contributed by atoms with Crippen molar-refractivity contribution in [1.29, 1.82) is 0 Å². The molecule has 1 atom stereocenters. The molecule has 1 aromatic carbocycles. The Morgan fingerprint density at radius 1 is 1.41 bits per heavy atom. The molecule has 0 spiro atoms. The molecule has 0 heterocycles. The van der Waals surface area contributed by atoms with E-state index in [2.05, 4.69) is 5.32 Å². The van der Waals surface area contributed by atoms with Crippen LogP contribution in [0.1, 0.15) is 23.7 Å². The molecule has 1 rings (SSSR count). The maximum atomic E-state index is 11.7. The van der Waals surface area contributed by atoms with E-state index in [1.54, 1.807) is 0 Å². The molecule has 1 aromatic rings. The van der Waals surface area contributed by atoms with Gasteiger partial charge in [0.25, 0.3) is 5.91 Å². The van der Waals surface area contributed by atoms with Crippen LogP contribution in [0.5, 0.6) is 11.5 Å². The monoisotopic (exact) mass is 238 g/mol. The van der Waals surface area contributed by atoms with Gasteiger partial charge in [0.05, 0.1) is 0 Å². The van der Waals surface area contributed by atoms with Crippen molar-refractivity contribution in [2.45, 2.75) is 13.3 Å². The van der Waals surface area contributed by atoms with Gasteiger partial charge in [0.1, 0.15) is 0 Å². The molecule has 1 amide bonds. The van der Waals surface area contributed by atoms with Crippen LogP contribution in [0.25, 0.3) is 0 Å². The van der Waals surface area contributed by atoms with Crippen molar-refractivity contribution < 1.29 is 15.0 Å². The second-order valence-corrected chi connectivity index (χ2v) is 4.10. The number of nitrogens with one attached hydrogen (secondary N) is 1. The van der Waals surface area contributed by atoms with Crippen LogP contribution in [-0.2, 0) is 0 Å². The first-order valence-corrected chi connectivity index (χ1v) is 5.55. The molecule has 17 heavy (non-hydrogen) atoms. The van der Waals surface area contributed by atoms with Gasteiger partial charge in [-0.2, -0.15) is 0 Å². The highest BCUT2D eigenvalue weighted by Crippen LogP contribution is 2.24. The van der Waals surface area contributed by atoms with Crippen LogP contribution in [0.3, 0.4) is 0 Å². The zero-order valence-corrected chi connectivity index (χ0v) is 9.81. The van der Waals surface area contributed by atoms with Crippen molar-refractivity contribution in [3.63, 3.8) is 0 Å². The summed E-state index contributed by atoms with van der Waals surface area (Å²) in [5.41, 5.74) is 5.73. The average Bonchev–Trinajstić information content (AvgIpc) is 2.30. The summed E-state index contributed by atoms with van der Waals surface area (Å²) in [7, 11) is 0. The van der Waals surface area contributed by atoms with Crippen LogP contribution >= 0.6 is 0 Å². The average molecular weight is 238 g/mol. The maximum Gasteiger partial charge on any atom is 0.251 e. The van der Waals surface area contributed by atoms with Crippen molar-refractivity contribution in [1.82, 2.24) is 5.32 Å². The van der Waals surface area contributed by atoms with E-state index in [4.69, 9.17) is 10.8 Å². The molecular formula is C12H18N2O3. The Labute approximate surface area is 100 Å². The lowest BCUT2D eigenvalue weighted by Crippen LogP contribution is -2.29. The topological polar surface area (TPSA) is 95.6 Å². The number of phenolic OH excluding ortho intramolecular Hbond substituents is 2. The van der Waals surface area contributed by atoms with E-state index in [-0.39, 0.29) is 17.4 Å². The van der Waals surface area contributed by atoms with E-state index in [9.17, 15) is 9.90 Å². The fraction of sp³-hybridized carbons (Fsp3) is 0.417. The number of carbonyl (C=O) groups is 1. The predicted octanol–water partition coefficient (Wildman–Crippen LogP) is 0.812. The van der Waals surface area contributed by atoms with Crippen molar-refractivity contribution >= 4 is 5.91 Å². The van der Waals surface area contributed by atoms with Crippen molar-refractivity contribution in [2.24, 2.45) is 11.7 Å². The fourth-order valence-corrected chi connectivity index (χ4v) is 1.42. The number of phenols is 2. The van der Waals surface area contributed by atoms with Gasteiger partial charge in [0.15, 0.2) is 11.5 Å². The van der Waals surface area contributed by atoms with Gasteiger partial charge in [0.2, 0.25) is 0 Å². The minimum Gasteiger partial charge on any atom is -0.504 e. The second kappa shape index (κ2) is 6.10. The Bertz CT molecular complexity index is 393. The van der Waals surface area contributed by atoms with Gasteiger partial charge < -0.3 is 21.3 Å². The van der Waals surface area contributed by atoms with Crippen LogP contribution in [0, 0.1) is 5.92 Å². The first kappa shape index (κ1) is 13.3. The predicted molar refractivity (Wildman–Crippen MR) is 64.9 cm³/mol. The van der Waals surface area contributed by atoms with Gasteiger partial charge in [0, 0.05) is 12.1 Å². The first-order valence-electron chi connectivity index (χ1n) is 5.55. The van der Waals surface area contributed by atoms with Crippen LogP contribution in [0.2, 0.25) is 0 Å². The molecule has 1 unspecified atom stereocenters. The van der Waals surface area contributed by atoms with Gasteiger partial charge in [-0.3, -0.25) is 4.79 Å². The lowest BCUT2D eigenvalue weighted by molar-refractivity contribution is 0.0947. The minimum absolute atomic E-state index is 0.238. The summed E-state index contributed by atoms with van der Waals surface area (Å²) < 4.78 is 0. The molecule has 0 fully saturated rings. The minimum atomic E-state index is -0.298. The van der Waals surface area contributed by atoms with Gasteiger partial charge in [-0.1, -0.05) is 6.92 Å². The number of rotatable bonds is 5. The molecule has 0 aromatic heterocycles. The van der Waals surface area contributed by atoms with E-state index in [1.807, 2.05) is 6.92 Å². The quantitative estimate of drug-likeness (QED) is 0.571. The normalized spacial score (nSPS) is 12.1. The molecule has 0 bridgehead atoms. The SMILES string of the molecule is CC(CCN)CNC(=O)c1ccc(O)c(O)c1. The van der Waals surface area contributed by atoms with Crippen molar-refractivity contribution in [2.75, 3.05) is 13.1 Å². The molecule has 0 aliphatic heterocycles. The lowest BCUT2D eigenvalue weighted by Gasteiger charge is -2.11. The molecule has 0 aliphatic rings. The third-order valence-corrected chi connectivity index (χ3v) is 2.51. The molecule has 5 N–H and O–H groups in total. The zero-order valence-electron chi connectivity index (χ0n) is 9.81. The number of nitrogens with two attached hydrogens (primary N) is 1. The number of amides is 1. The Hall–Kier alpha value is -1.75. The van der Waals surface area contributed by atoms with Crippen LogP contribution < -0.4 is 11.1 Å². The third-order valence-electron chi connectivity index (χ3n) is 2.51. The van der Waals surface area contributed by atoms with Crippen molar-refractivity contribution in [3.05, 3.63) is 23.8 Å². The van der Waals surface area contributed by atoms with E-state index < -0.39 is 0 Å². The van der Waals surface area contributed by atoms with Gasteiger partial charge >= 0.3 is 0 Å². The van der Waals surface area contributed by atoms with Crippen LogP contribution in [0.4, 0.5) is 0 Å². The highest BCUT2D eigenvalue weighted by Gasteiger charge is 2.09. The number of hydrogen-bond donors (Lipinski definition) is 4. The van der Waals surface area contributed by atoms with E-state index in [0.717, 1.165) is 6.42 Å². The summed E-state index contributed by atoms with van der Waals surface area (Å²) in [4.78, 5) is 11.7. The Kier molecular flexibility index (Phi) is 4.78. The third kappa shape index (κ3) is 3.96. The van der Waals surface area contributed by atoms with E-state index in [1.165, 1.54) is 18.2 Å². The maximum absolute atomic E-state index is 11.7. The number of carbonyl (C=O) groups excluding carboxylic acids is 1. The molecule has 5 nitrogen and oxygen atoms in total. The fourth-order valence-electron chi connectivity index (χ4n) is 1.42. The largest absolute Gasteiger partial charge is 0.504 e. The van der Waals surface area contributed by atoms with E-state index >= 15 is 0 Å². The standard InChI is InChI=1S/C12H18N2O3/c1-8(4-5-13)7-14-12(17)9-2-3-10(15)11(16)6-9/h2-3,6,8,15-16H,4-5,7,13H2,1H3,(H,14,17). The summed E-state index contributed by atoms with van der Waals surface area (Å²) in [6.45, 7) is 3.14. The smallest absolute Gasteiger partial charge is 0.251 e. The molecule has 5 heteroatoms. The van der Waals surface area contributed by atoms with Crippen molar-refractivity contribution in [3.8, 4) is 11.5 Å². The molecule has 94 valence electrons. The number of hydrogen-bond acceptors (Lipinski definition) is 4. The lowest BCUT2D eigenvalue weighted by atomic mass is 10.1. The molecule has 0 aliphatic carbocycles. The zero-order chi connectivity index (χ0) is 12.8. The summed E-state index contributed by atoms with van der Waals surface area (Å²) in [5.74, 6) is -0.496. The molecule has 0 radical (unpaired) electrons. The molecule has 0 saturated heterocycles. The number of aromatic hydroxyl groups is 2. The summed E-state index contributed by atoms with van der Waals surface area (Å²) >= 11 is 0. The molecule has 0 saturated carbocycles. The van der Waals surface area contributed by atoms with E-state index in [0.29, 0.717) is 24.6 Å². The van der Waals surface area contributed by atoms with Gasteiger partial charge in [-0.15, -0.1) is 0 Å². The second-order valence-electron chi connectivity index (χ2n) is 4.10. The Morgan fingerprint density at radius 2 is 2.12 bits per heavy atom. The number of benzene rings is 1. The van der Waals surface area contributed by atoms with Crippen LogP contribution in [0.15, 0.2) is 18.2 Å². The summed E-state index contributed by atoms with van der Waals surface area (Å²) in [6.07, 6.45) is 0.848. The highest BCUT2D eigenvalue weighted by molar-refractivity contribution is 5.94. The van der Waals surface area contributed by atoms with Gasteiger partial charge in [-0.25, -0.2) is 0 Å². The van der Waals surface area contributed by atoms with Gasteiger partial charge in [-0.05, 0) is 37.1 Å². The summed E-state index contributed by atoms with van der Waals surface area (Å²) in [5, 5.41) is 21.1. The Balaban J connectivity index is 2.55.